The molecule has 2 heterocycles. The summed E-state index contributed by atoms with van der Waals surface area (Å²) < 4.78 is 10.4. The molecular weight excluding hydrogens is 286 g/mol. The lowest BCUT2D eigenvalue weighted by Gasteiger charge is -2.07. The van der Waals surface area contributed by atoms with Crippen LogP contribution >= 0.6 is 0 Å². The highest BCUT2D eigenvalue weighted by atomic mass is 16.7. The van der Waals surface area contributed by atoms with Crippen molar-refractivity contribution in [2.45, 2.75) is 0 Å². The fourth-order valence-electron chi connectivity index (χ4n) is 1.94. The summed E-state index contributed by atoms with van der Waals surface area (Å²) in [5.74, 6) is 0.448. The SMILES string of the molecule is O=C(CNC(=O)c1ccc2c(c1)OCO2)Nc1ccncc1. The minimum Gasteiger partial charge on any atom is -0.454 e. The van der Waals surface area contributed by atoms with E-state index in [0.717, 1.165) is 0 Å². The first-order valence-corrected chi connectivity index (χ1v) is 6.60. The third-order valence-electron chi connectivity index (χ3n) is 3.01. The Labute approximate surface area is 126 Å². The molecule has 7 heteroatoms. The zero-order valence-electron chi connectivity index (χ0n) is 11.5. The molecule has 1 aliphatic rings. The third-order valence-corrected chi connectivity index (χ3v) is 3.01. The van der Waals surface area contributed by atoms with E-state index in [1.54, 1.807) is 42.7 Å². The van der Waals surface area contributed by atoms with Crippen LogP contribution in [0.4, 0.5) is 5.69 Å². The van der Waals surface area contributed by atoms with Crippen molar-refractivity contribution >= 4 is 17.5 Å². The Hall–Kier alpha value is -3.09. The maximum absolute atomic E-state index is 12.0. The number of aromatic nitrogens is 1. The predicted molar refractivity (Wildman–Crippen MR) is 77.8 cm³/mol. The second kappa shape index (κ2) is 6.13. The zero-order chi connectivity index (χ0) is 15.4. The highest BCUT2D eigenvalue weighted by Crippen LogP contribution is 2.32. The lowest BCUT2D eigenvalue weighted by Crippen LogP contribution is -2.32. The van der Waals surface area contributed by atoms with Crippen molar-refractivity contribution in [2.24, 2.45) is 0 Å². The van der Waals surface area contributed by atoms with Crippen LogP contribution in [0.3, 0.4) is 0 Å². The lowest BCUT2D eigenvalue weighted by molar-refractivity contribution is -0.115. The minimum absolute atomic E-state index is 0.129. The molecule has 0 spiro atoms. The number of rotatable bonds is 4. The summed E-state index contributed by atoms with van der Waals surface area (Å²) in [6, 6.07) is 8.19. The van der Waals surface area contributed by atoms with Gasteiger partial charge in [0.05, 0.1) is 6.54 Å². The molecule has 112 valence electrons. The molecule has 2 amide bonds. The van der Waals surface area contributed by atoms with E-state index in [-0.39, 0.29) is 25.2 Å². The molecule has 0 atom stereocenters. The Bertz CT molecular complexity index is 703. The van der Waals surface area contributed by atoms with Crippen LogP contribution in [-0.4, -0.2) is 30.1 Å². The first-order chi connectivity index (χ1) is 10.7. The van der Waals surface area contributed by atoms with E-state index in [9.17, 15) is 9.59 Å². The molecule has 0 saturated heterocycles. The van der Waals surface area contributed by atoms with Gasteiger partial charge in [0.25, 0.3) is 5.91 Å². The monoisotopic (exact) mass is 299 g/mol. The molecule has 3 rings (SSSR count). The van der Waals surface area contributed by atoms with Gasteiger partial charge in [-0.25, -0.2) is 0 Å². The van der Waals surface area contributed by atoms with Gasteiger partial charge in [0.2, 0.25) is 12.7 Å². The average Bonchev–Trinajstić information content (AvgIpc) is 3.01. The molecule has 22 heavy (non-hydrogen) atoms. The number of nitrogens with one attached hydrogen (secondary N) is 2. The van der Waals surface area contributed by atoms with E-state index in [4.69, 9.17) is 9.47 Å². The molecule has 0 radical (unpaired) electrons. The van der Waals surface area contributed by atoms with Crippen LogP contribution in [0.2, 0.25) is 0 Å². The van der Waals surface area contributed by atoms with Crippen LogP contribution in [0.25, 0.3) is 0 Å². The molecular formula is C15H13N3O4. The van der Waals surface area contributed by atoms with Gasteiger partial charge >= 0.3 is 0 Å². The van der Waals surface area contributed by atoms with Crippen molar-refractivity contribution in [3.8, 4) is 11.5 Å². The fourth-order valence-corrected chi connectivity index (χ4v) is 1.94. The fraction of sp³-hybridized carbons (Fsp3) is 0.133. The summed E-state index contributed by atoms with van der Waals surface area (Å²) in [4.78, 5) is 27.6. The molecule has 1 aromatic carbocycles. The largest absolute Gasteiger partial charge is 0.454 e. The van der Waals surface area contributed by atoms with Crippen LogP contribution in [0.5, 0.6) is 11.5 Å². The molecule has 0 aliphatic carbocycles. The lowest BCUT2D eigenvalue weighted by atomic mass is 10.2. The van der Waals surface area contributed by atoms with Crippen LogP contribution in [0.15, 0.2) is 42.7 Å². The number of ether oxygens (including phenoxy) is 2. The average molecular weight is 299 g/mol. The Morgan fingerprint density at radius 1 is 1.09 bits per heavy atom. The van der Waals surface area contributed by atoms with Gasteiger partial charge in [-0.05, 0) is 30.3 Å². The molecule has 0 bridgehead atoms. The maximum atomic E-state index is 12.0. The van der Waals surface area contributed by atoms with E-state index in [0.29, 0.717) is 22.7 Å². The van der Waals surface area contributed by atoms with E-state index >= 15 is 0 Å². The number of amides is 2. The Kier molecular flexibility index (Phi) is 3.86. The van der Waals surface area contributed by atoms with Gasteiger partial charge < -0.3 is 20.1 Å². The summed E-state index contributed by atoms with van der Waals surface area (Å²) in [5.41, 5.74) is 1.03. The van der Waals surface area contributed by atoms with E-state index in [2.05, 4.69) is 15.6 Å². The predicted octanol–water partition coefficient (Wildman–Crippen LogP) is 1.18. The first kappa shape index (κ1) is 13.9. The Morgan fingerprint density at radius 3 is 2.68 bits per heavy atom. The van der Waals surface area contributed by atoms with Crippen LogP contribution in [-0.2, 0) is 4.79 Å². The summed E-state index contributed by atoms with van der Waals surface area (Å²) in [7, 11) is 0. The Morgan fingerprint density at radius 2 is 1.86 bits per heavy atom. The van der Waals surface area contributed by atoms with E-state index in [1.807, 2.05) is 0 Å². The summed E-state index contributed by atoms with van der Waals surface area (Å²) in [6.07, 6.45) is 3.14. The van der Waals surface area contributed by atoms with Crippen molar-refractivity contribution < 1.29 is 19.1 Å². The highest BCUT2D eigenvalue weighted by Gasteiger charge is 2.16. The molecule has 0 fully saturated rings. The number of hydrogen-bond acceptors (Lipinski definition) is 5. The van der Waals surface area contributed by atoms with Gasteiger partial charge in [-0.1, -0.05) is 0 Å². The third kappa shape index (κ3) is 3.14. The molecule has 0 unspecified atom stereocenters. The second-order valence-corrected chi connectivity index (χ2v) is 4.53. The molecule has 1 aromatic heterocycles. The van der Waals surface area contributed by atoms with Gasteiger partial charge in [-0.3, -0.25) is 14.6 Å². The zero-order valence-corrected chi connectivity index (χ0v) is 11.5. The van der Waals surface area contributed by atoms with Crippen molar-refractivity contribution in [1.82, 2.24) is 10.3 Å². The molecule has 7 nitrogen and oxygen atoms in total. The van der Waals surface area contributed by atoms with Crippen LogP contribution in [0, 0.1) is 0 Å². The number of fused-ring (bicyclic) bond motifs is 1. The van der Waals surface area contributed by atoms with Crippen molar-refractivity contribution in [1.29, 1.82) is 0 Å². The number of carbonyl (C=O) groups excluding carboxylic acids is 2. The first-order valence-electron chi connectivity index (χ1n) is 6.60. The standard InChI is InChI=1S/C15H13N3O4/c19-14(18-11-3-5-16-6-4-11)8-17-15(20)10-1-2-12-13(7-10)22-9-21-12/h1-7H,8-9H2,(H,17,20)(H,16,18,19). The number of hydrogen-bond donors (Lipinski definition) is 2. The van der Waals surface area contributed by atoms with Crippen molar-refractivity contribution in [3.05, 3.63) is 48.3 Å². The number of carbonyl (C=O) groups is 2. The van der Waals surface area contributed by atoms with E-state index in [1.165, 1.54) is 0 Å². The summed E-state index contributed by atoms with van der Waals surface area (Å²) in [6.45, 7) is 0.0182. The van der Waals surface area contributed by atoms with Crippen molar-refractivity contribution in [3.63, 3.8) is 0 Å². The number of pyridine rings is 1. The molecule has 2 aromatic rings. The van der Waals surface area contributed by atoms with Crippen LogP contribution < -0.4 is 20.1 Å². The quantitative estimate of drug-likeness (QED) is 0.885. The second-order valence-electron chi connectivity index (χ2n) is 4.53. The Balaban J connectivity index is 1.55. The maximum Gasteiger partial charge on any atom is 0.251 e. The normalized spacial score (nSPS) is 11.8. The van der Waals surface area contributed by atoms with E-state index < -0.39 is 0 Å². The molecule has 0 saturated carbocycles. The topological polar surface area (TPSA) is 89.6 Å². The highest BCUT2D eigenvalue weighted by molar-refractivity contribution is 5.99. The molecule has 1 aliphatic heterocycles. The minimum atomic E-state index is -0.358. The number of anilines is 1. The number of nitrogens with zero attached hydrogens (tertiary/aromatic N) is 1. The summed E-state index contributed by atoms with van der Waals surface area (Å²) >= 11 is 0. The number of benzene rings is 1. The van der Waals surface area contributed by atoms with Gasteiger partial charge in [0.15, 0.2) is 11.5 Å². The molecule has 2 N–H and O–H groups in total. The smallest absolute Gasteiger partial charge is 0.251 e. The summed E-state index contributed by atoms with van der Waals surface area (Å²) in [5, 5.41) is 5.20. The van der Waals surface area contributed by atoms with Gasteiger partial charge in [0, 0.05) is 23.6 Å². The van der Waals surface area contributed by atoms with Crippen molar-refractivity contribution in [2.75, 3.05) is 18.7 Å². The van der Waals surface area contributed by atoms with Gasteiger partial charge in [-0.15, -0.1) is 0 Å². The van der Waals surface area contributed by atoms with Gasteiger partial charge in [0.1, 0.15) is 0 Å². The van der Waals surface area contributed by atoms with Gasteiger partial charge in [-0.2, -0.15) is 0 Å². The van der Waals surface area contributed by atoms with Crippen LogP contribution in [0.1, 0.15) is 10.4 Å².